The number of non-ortho nitro benzene ring substituents is 1. The number of amides is 1. The summed E-state index contributed by atoms with van der Waals surface area (Å²) < 4.78 is 13.7. The molecule has 1 heterocycles. The first-order chi connectivity index (χ1) is 10.1. The first-order valence-electron chi connectivity index (χ1n) is 6.29. The maximum atomic E-state index is 13.7. The molecule has 0 spiro atoms. The minimum Gasteiger partial charge on any atom is -0.296 e. The molecule has 1 aromatic heterocycles. The molecule has 9 heteroatoms. The van der Waals surface area contributed by atoms with Gasteiger partial charge in [0.1, 0.15) is 11.2 Å². The molecule has 116 valence electrons. The van der Waals surface area contributed by atoms with Crippen molar-refractivity contribution in [2.75, 3.05) is 5.32 Å². The third-order valence-electron chi connectivity index (χ3n) is 2.90. The minimum atomic E-state index is -0.928. The number of aromatic amines is 1. The van der Waals surface area contributed by atoms with E-state index < -0.39 is 44.2 Å². The molecule has 0 saturated carbocycles. The zero-order valence-electron chi connectivity index (χ0n) is 12.1. The zero-order chi connectivity index (χ0) is 16.7. The van der Waals surface area contributed by atoms with Crippen LogP contribution in [0.2, 0.25) is 0 Å². The summed E-state index contributed by atoms with van der Waals surface area (Å²) in [6, 6.07) is 1.74. The molecular formula is C13H13FN4O4. The molecule has 0 radical (unpaired) electrons. The predicted molar refractivity (Wildman–Crippen MR) is 77.1 cm³/mol. The summed E-state index contributed by atoms with van der Waals surface area (Å²) in [4.78, 5) is 40.0. The van der Waals surface area contributed by atoms with E-state index in [4.69, 9.17) is 0 Å². The molecule has 0 atom stereocenters. The van der Waals surface area contributed by atoms with Gasteiger partial charge >= 0.3 is 0 Å². The molecule has 1 aromatic carbocycles. The lowest BCUT2D eigenvalue weighted by molar-refractivity contribution is -0.383. The molecule has 0 aliphatic carbocycles. The Morgan fingerprint density at radius 3 is 2.59 bits per heavy atom. The van der Waals surface area contributed by atoms with Gasteiger partial charge in [0.05, 0.1) is 4.92 Å². The highest BCUT2D eigenvalue weighted by Crippen LogP contribution is 2.24. The number of aromatic nitrogens is 2. The van der Waals surface area contributed by atoms with E-state index >= 15 is 0 Å². The van der Waals surface area contributed by atoms with Crippen LogP contribution in [0.15, 0.2) is 16.9 Å². The van der Waals surface area contributed by atoms with Gasteiger partial charge in [-0.1, -0.05) is 20.8 Å². The maximum absolute atomic E-state index is 13.7. The van der Waals surface area contributed by atoms with E-state index in [-0.39, 0.29) is 5.95 Å². The number of halogens is 1. The Morgan fingerprint density at radius 1 is 1.41 bits per heavy atom. The highest BCUT2D eigenvalue weighted by molar-refractivity contribution is 5.94. The van der Waals surface area contributed by atoms with Gasteiger partial charge in [-0.2, -0.15) is 0 Å². The highest BCUT2D eigenvalue weighted by Gasteiger charge is 2.24. The Morgan fingerprint density at radius 2 is 2.05 bits per heavy atom. The van der Waals surface area contributed by atoms with E-state index in [1.165, 1.54) is 0 Å². The topological polar surface area (TPSA) is 118 Å². The van der Waals surface area contributed by atoms with Crippen molar-refractivity contribution in [3.8, 4) is 0 Å². The fourth-order valence-electron chi connectivity index (χ4n) is 1.70. The SMILES string of the molecule is CC(C)(C)C(=O)Nc1nc2c([N+](=O)[O-])ccc(F)c2c(=O)[nH]1. The molecular weight excluding hydrogens is 295 g/mol. The quantitative estimate of drug-likeness (QED) is 0.649. The van der Waals surface area contributed by atoms with Crippen molar-refractivity contribution in [2.45, 2.75) is 20.8 Å². The van der Waals surface area contributed by atoms with Crippen molar-refractivity contribution < 1.29 is 14.1 Å². The molecule has 2 N–H and O–H groups in total. The predicted octanol–water partition coefficient (Wildman–Crippen LogP) is 1.95. The van der Waals surface area contributed by atoms with Crippen molar-refractivity contribution >= 4 is 28.4 Å². The molecule has 2 rings (SSSR count). The second-order valence-electron chi connectivity index (χ2n) is 5.67. The maximum Gasteiger partial charge on any atom is 0.296 e. The number of carbonyl (C=O) groups excluding carboxylic acids is 1. The first kappa shape index (κ1) is 15.5. The van der Waals surface area contributed by atoms with Crippen LogP contribution in [0.1, 0.15) is 20.8 Å². The Bertz CT molecular complexity index is 838. The molecule has 0 fully saturated rings. The van der Waals surface area contributed by atoms with E-state index in [2.05, 4.69) is 15.3 Å². The lowest BCUT2D eigenvalue weighted by Crippen LogP contribution is -2.29. The van der Waals surface area contributed by atoms with Gasteiger partial charge in [-0.15, -0.1) is 0 Å². The number of rotatable bonds is 2. The van der Waals surface area contributed by atoms with Gasteiger partial charge < -0.3 is 0 Å². The van der Waals surface area contributed by atoms with E-state index in [0.717, 1.165) is 12.1 Å². The first-order valence-corrected chi connectivity index (χ1v) is 6.29. The van der Waals surface area contributed by atoms with E-state index in [9.17, 15) is 24.1 Å². The van der Waals surface area contributed by atoms with Gasteiger partial charge in [-0.05, 0) is 6.07 Å². The second-order valence-corrected chi connectivity index (χ2v) is 5.67. The highest BCUT2D eigenvalue weighted by atomic mass is 19.1. The number of nitrogens with one attached hydrogen (secondary N) is 2. The fraction of sp³-hybridized carbons (Fsp3) is 0.308. The average molecular weight is 308 g/mol. The number of carbonyl (C=O) groups is 1. The van der Waals surface area contributed by atoms with Crippen LogP contribution in [0.4, 0.5) is 16.0 Å². The van der Waals surface area contributed by atoms with Crippen molar-refractivity contribution in [1.29, 1.82) is 0 Å². The molecule has 0 unspecified atom stereocenters. The minimum absolute atomic E-state index is 0.272. The number of hydrogen-bond donors (Lipinski definition) is 2. The number of nitro benzene ring substituents is 1. The number of fused-ring (bicyclic) bond motifs is 1. The molecule has 1 amide bonds. The standard InChI is InChI=1S/C13H13FN4O4/c1-13(2,3)11(20)17-12-15-9-7(18(21)22)5-4-6(14)8(9)10(19)16-12/h4-5H,1-3H3,(H2,15,16,17,19,20). The summed E-state index contributed by atoms with van der Waals surface area (Å²) >= 11 is 0. The van der Waals surface area contributed by atoms with Gasteiger partial charge in [-0.25, -0.2) is 9.37 Å². The van der Waals surface area contributed by atoms with Crippen LogP contribution in [0.25, 0.3) is 10.9 Å². The summed E-state index contributed by atoms with van der Waals surface area (Å²) in [5.41, 5.74) is -2.61. The fourth-order valence-corrected chi connectivity index (χ4v) is 1.70. The van der Waals surface area contributed by atoms with Gasteiger partial charge in [0, 0.05) is 11.5 Å². The van der Waals surface area contributed by atoms with Crippen LogP contribution < -0.4 is 10.9 Å². The number of anilines is 1. The van der Waals surface area contributed by atoms with Crippen LogP contribution in [0.5, 0.6) is 0 Å². The monoisotopic (exact) mass is 308 g/mol. The summed E-state index contributed by atoms with van der Waals surface area (Å²) in [5, 5.41) is 12.8. The van der Waals surface area contributed by atoms with Crippen molar-refractivity contribution in [3.05, 3.63) is 38.4 Å². The number of hydrogen-bond acceptors (Lipinski definition) is 5. The average Bonchev–Trinajstić information content (AvgIpc) is 2.36. The van der Waals surface area contributed by atoms with Crippen LogP contribution in [0, 0.1) is 21.3 Å². The van der Waals surface area contributed by atoms with E-state index in [1.807, 2.05) is 0 Å². The molecule has 2 aromatic rings. The molecule has 22 heavy (non-hydrogen) atoms. The Labute approximate surface area is 123 Å². The normalized spacial score (nSPS) is 11.5. The van der Waals surface area contributed by atoms with Crippen molar-refractivity contribution in [3.63, 3.8) is 0 Å². The van der Waals surface area contributed by atoms with Crippen LogP contribution in [-0.4, -0.2) is 20.8 Å². The zero-order valence-corrected chi connectivity index (χ0v) is 12.1. The lowest BCUT2D eigenvalue weighted by Gasteiger charge is -2.16. The van der Waals surface area contributed by atoms with Crippen LogP contribution in [0.3, 0.4) is 0 Å². The molecule has 8 nitrogen and oxygen atoms in total. The summed E-state index contributed by atoms with van der Waals surface area (Å²) in [6.45, 7) is 4.93. The van der Waals surface area contributed by atoms with Crippen LogP contribution in [-0.2, 0) is 4.79 Å². The van der Waals surface area contributed by atoms with Gasteiger partial charge in [-0.3, -0.25) is 30.0 Å². The van der Waals surface area contributed by atoms with Gasteiger partial charge in [0.25, 0.3) is 11.2 Å². The molecule has 0 saturated heterocycles. The summed E-state index contributed by atoms with van der Waals surface area (Å²) in [6.07, 6.45) is 0. The van der Waals surface area contributed by atoms with Crippen molar-refractivity contribution in [1.82, 2.24) is 9.97 Å². The molecule has 0 bridgehead atoms. The summed E-state index contributed by atoms with van der Waals surface area (Å²) in [5.74, 6) is -1.65. The third kappa shape index (κ3) is 2.78. The number of nitro groups is 1. The van der Waals surface area contributed by atoms with Crippen LogP contribution >= 0.6 is 0 Å². The number of H-pyrrole nitrogens is 1. The van der Waals surface area contributed by atoms with E-state index in [0.29, 0.717) is 0 Å². The van der Waals surface area contributed by atoms with Gasteiger partial charge in [0.2, 0.25) is 11.9 Å². The van der Waals surface area contributed by atoms with Crippen molar-refractivity contribution in [2.24, 2.45) is 5.41 Å². The second kappa shape index (κ2) is 5.17. The van der Waals surface area contributed by atoms with Gasteiger partial charge in [0.15, 0.2) is 5.52 Å². The largest absolute Gasteiger partial charge is 0.296 e. The smallest absolute Gasteiger partial charge is 0.296 e. The number of benzene rings is 1. The van der Waals surface area contributed by atoms with E-state index in [1.54, 1.807) is 20.8 Å². The lowest BCUT2D eigenvalue weighted by atomic mass is 9.96. The summed E-state index contributed by atoms with van der Waals surface area (Å²) in [7, 11) is 0. The number of nitrogens with zero attached hydrogens (tertiary/aromatic N) is 2. The molecule has 0 aliphatic heterocycles. The Balaban J connectivity index is 2.66. The third-order valence-corrected chi connectivity index (χ3v) is 2.90. The Kier molecular flexibility index (Phi) is 3.65. The Hall–Kier alpha value is -2.84. The molecule has 0 aliphatic rings.